The number of hydrogen-bond acceptors (Lipinski definition) is 5. The van der Waals surface area contributed by atoms with E-state index in [0.29, 0.717) is 5.82 Å². The van der Waals surface area contributed by atoms with Crippen LogP contribution in [0.1, 0.15) is 24.4 Å². The molecule has 0 unspecified atom stereocenters. The summed E-state index contributed by atoms with van der Waals surface area (Å²) in [5.41, 5.74) is 4.85. The van der Waals surface area contributed by atoms with Crippen LogP contribution in [0.3, 0.4) is 0 Å². The average Bonchev–Trinajstić information content (AvgIpc) is 2.95. The number of nitrogens with zero attached hydrogens (tertiary/aromatic N) is 4. The summed E-state index contributed by atoms with van der Waals surface area (Å²) < 4.78 is 70.2. The highest BCUT2D eigenvalue weighted by atomic mass is 19.4. The van der Waals surface area contributed by atoms with E-state index in [-0.39, 0.29) is 5.82 Å². The largest absolute Gasteiger partial charge is 0.490 e. The summed E-state index contributed by atoms with van der Waals surface area (Å²) in [6, 6.07) is 1.77. The number of carboxylic acids is 1. The number of hydrogen-bond donors (Lipinski definition) is 2. The first kappa shape index (κ1) is 20.3. The van der Waals surface area contributed by atoms with Gasteiger partial charge in [-0.2, -0.15) is 36.1 Å². The molecule has 0 saturated heterocycles. The van der Waals surface area contributed by atoms with Gasteiger partial charge in [-0.15, -0.1) is 0 Å². The smallest absolute Gasteiger partial charge is 0.475 e. The summed E-state index contributed by atoms with van der Waals surface area (Å²) in [4.78, 5) is 16.5. The summed E-state index contributed by atoms with van der Waals surface area (Å²) >= 11 is 0. The zero-order valence-electron chi connectivity index (χ0n) is 12.4. The summed E-state index contributed by atoms with van der Waals surface area (Å²) in [7, 11) is 0. The molecule has 13 heteroatoms. The van der Waals surface area contributed by atoms with E-state index in [0.717, 1.165) is 12.3 Å². The Morgan fingerprint density at radius 2 is 1.76 bits per heavy atom. The minimum absolute atomic E-state index is 0.243. The molecule has 0 fully saturated rings. The molecule has 2 heterocycles. The average molecular weight is 371 g/mol. The lowest BCUT2D eigenvalue weighted by molar-refractivity contribution is -0.192. The third-order valence-electron chi connectivity index (χ3n) is 2.52. The monoisotopic (exact) mass is 371 g/mol. The van der Waals surface area contributed by atoms with Gasteiger partial charge in [0.25, 0.3) is 0 Å². The van der Waals surface area contributed by atoms with Crippen LogP contribution in [0.4, 0.5) is 26.3 Å². The molecule has 138 valence electrons. The number of nitrogens with two attached hydrogens (primary N) is 1. The quantitative estimate of drug-likeness (QED) is 0.785. The second kappa shape index (κ2) is 7.46. The maximum atomic E-state index is 12.4. The zero-order valence-corrected chi connectivity index (χ0v) is 12.4. The van der Waals surface area contributed by atoms with Crippen LogP contribution in [0.15, 0.2) is 24.7 Å². The van der Waals surface area contributed by atoms with E-state index in [1.165, 1.54) is 17.1 Å². The molecule has 0 aliphatic carbocycles. The van der Waals surface area contributed by atoms with Gasteiger partial charge in [0, 0.05) is 6.20 Å². The second-order valence-corrected chi connectivity index (χ2v) is 4.52. The summed E-state index contributed by atoms with van der Waals surface area (Å²) in [6.07, 6.45) is -7.46. The fourth-order valence-corrected chi connectivity index (χ4v) is 1.42. The van der Waals surface area contributed by atoms with Gasteiger partial charge in [0.05, 0.1) is 11.6 Å². The van der Waals surface area contributed by atoms with Crippen LogP contribution >= 0.6 is 0 Å². The number of alkyl halides is 6. The Balaban J connectivity index is 0.000000381. The van der Waals surface area contributed by atoms with Crippen LogP contribution in [0.2, 0.25) is 0 Å². The minimum atomic E-state index is -5.08. The molecule has 7 nitrogen and oxygen atoms in total. The van der Waals surface area contributed by atoms with Crippen LogP contribution in [-0.4, -0.2) is 37.0 Å². The van der Waals surface area contributed by atoms with Gasteiger partial charge in [-0.1, -0.05) is 0 Å². The predicted molar refractivity (Wildman–Crippen MR) is 70.4 cm³/mol. The van der Waals surface area contributed by atoms with Crippen molar-refractivity contribution in [2.45, 2.75) is 25.3 Å². The van der Waals surface area contributed by atoms with Crippen LogP contribution in [0, 0.1) is 0 Å². The highest BCUT2D eigenvalue weighted by molar-refractivity contribution is 5.73. The molecule has 2 rings (SSSR count). The van der Waals surface area contributed by atoms with Gasteiger partial charge in [-0.25, -0.2) is 14.8 Å². The molecule has 0 spiro atoms. The molecule has 2 aromatic heterocycles. The first-order valence-electron chi connectivity index (χ1n) is 6.33. The van der Waals surface area contributed by atoms with Crippen molar-refractivity contribution in [3.63, 3.8) is 0 Å². The van der Waals surface area contributed by atoms with Gasteiger partial charge in [0.1, 0.15) is 6.33 Å². The lowest BCUT2D eigenvalue weighted by Crippen LogP contribution is -2.21. The molecule has 0 aromatic carbocycles. The summed E-state index contributed by atoms with van der Waals surface area (Å²) in [6.45, 7) is 1.70. The van der Waals surface area contributed by atoms with Gasteiger partial charge < -0.3 is 10.8 Å². The highest BCUT2D eigenvalue weighted by Gasteiger charge is 2.38. The minimum Gasteiger partial charge on any atom is -0.475 e. The van der Waals surface area contributed by atoms with Crippen molar-refractivity contribution in [2.24, 2.45) is 5.73 Å². The summed E-state index contributed by atoms with van der Waals surface area (Å²) in [5, 5.41) is 11.0. The SMILES string of the molecule is C[C@H](N)c1ncnn1-c1ccc(C(F)(F)F)cn1.O=C(O)C(F)(F)F. The number of rotatable bonds is 2. The van der Waals surface area contributed by atoms with Crippen molar-refractivity contribution < 1.29 is 36.2 Å². The Kier molecular flexibility index (Phi) is 6.07. The Labute approximate surface area is 136 Å². The van der Waals surface area contributed by atoms with Gasteiger partial charge >= 0.3 is 18.3 Å². The molecule has 2 aromatic rings. The highest BCUT2D eigenvalue weighted by Crippen LogP contribution is 2.28. The summed E-state index contributed by atoms with van der Waals surface area (Å²) in [5.74, 6) is -2.08. The third-order valence-corrected chi connectivity index (χ3v) is 2.52. The molecule has 0 bridgehead atoms. The van der Waals surface area contributed by atoms with Gasteiger partial charge in [-0.3, -0.25) is 0 Å². The van der Waals surface area contributed by atoms with E-state index in [9.17, 15) is 26.3 Å². The van der Waals surface area contributed by atoms with Crippen molar-refractivity contribution in [3.8, 4) is 5.82 Å². The predicted octanol–water partition coefficient (Wildman–Crippen LogP) is 2.33. The van der Waals surface area contributed by atoms with Crippen LogP contribution in [-0.2, 0) is 11.0 Å². The molecule has 3 N–H and O–H groups in total. The molecular weight excluding hydrogens is 360 g/mol. The topological polar surface area (TPSA) is 107 Å². The van der Waals surface area contributed by atoms with Crippen molar-refractivity contribution in [3.05, 3.63) is 36.0 Å². The zero-order chi connectivity index (χ0) is 19.4. The van der Waals surface area contributed by atoms with Gasteiger partial charge in [0.15, 0.2) is 11.6 Å². The first-order valence-corrected chi connectivity index (χ1v) is 6.33. The molecule has 0 amide bonds. The lowest BCUT2D eigenvalue weighted by atomic mass is 10.3. The number of halogens is 6. The van der Waals surface area contributed by atoms with E-state index in [1.807, 2.05) is 0 Å². The van der Waals surface area contributed by atoms with E-state index < -0.39 is 29.9 Å². The van der Waals surface area contributed by atoms with Crippen molar-refractivity contribution in [2.75, 3.05) is 0 Å². The number of aliphatic carboxylic acids is 1. The molecular formula is C12H11F6N5O2. The molecule has 0 radical (unpaired) electrons. The number of carbonyl (C=O) groups is 1. The Bertz CT molecular complexity index is 708. The van der Waals surface area contributed by atoms with E-state index in [2.05, 4.69) is 15.1 Å². The Morgan fingerprint density at radius 1 is 1.20 bits per heavy atom. The van der Waals surface area contributed by atoms with Crippen molar-refractivity contribution in [1.82, 2.24) is 19.7 Å². The normalized spacial score (nSPS) is 13.0. The maximum Gasteiger partial charge on any atom is 0.490 e. The van der Waals surface area contributed by atoms with Crippen LogP contribution < -0.4 is 5.73 Å². The number of carboxylic acid groups (broad SMARTS) is 1. The molecule has 25 heavy (non-hydrogen) atoms. The third kappa shape index (κ3) is 5.70. The van der Waals surface area contributed by atoms with Gasteiger partial charge in [0.2, 0.25) is 0 Å². The fraction of sp³-hybridized carbons (Fsp3) is 0.333. The van der Waals surface area contributed by atoms with Crippen molar-refractivity contribution in [1.29, 1.82) is 0 Å². The van der Waals surface area contributed by atoms with Crippen LogP contribution in [0.25, 0.3) is 5.82 Å². The fourth-order valence-electron chi connectivity index (χ4n) is 1.42. The van der Waals surface area contributed by atoms with E-state index >= 15 is 0 Å². The van der Waals surface area contributed by atoms with E-state index in [1.54, 1.807) is 6.92 Å². The Hall–Kier alpha value is -2.70. The first-order chi connectivity index (χ1) is 11.3. The molecule has 1 atom stereocenters. The van der Waals surface area contributed by atoms with Crippen LogP contribution in [0.5, 0.6) is 0 Å². The lowest BCUT2D eigenvalue weighted by Gasteiger charge is -2.09. The van der Waals surface area contributed by atoms with Crippen molar-refractivity contribution >= 4 is 5.97 Å². The molecule has 0 aliphatic rings. The number of aromatic nitrogens is 4. The Morgan fingerprint density at radius 3 is 2.12 bits per heavy atom. The second-order valence-electron chi connectivity index (χ2n) is 4.52. The molecule has 0 aliphatic heterocycles. The maximum absolute atomic E-state index is 12.4. The number of pyridine rings is 1. The standard InChI is InChI=1S/C10H10F3N5.C2HF3O2/c1-6(14)9-16-5-17-18(9)8-3-2-7(4-15-8)10(11,12)13;3-2(4,5)1(6)7/h2-6H,14H2,1H3;(H,6,7)/t6-;/m0./s1. The van der Waals surface area contributed by atoms with Gasteiger partial charge in [-0.05, 0) is 19.1 Å². The molecule has 0 saturated carbocycles. The van der Waals surface area contributed by atoms with E-state index in [4.69, 9.17) is 15.6 Å².